The van der Waals surface area contributed by atoms with Crippen LogP contribution in [0.5, 0.6) is 0 Å². The van der Waals surface area contributed by atoms with Crippen LogP contribution in [0.15, 0.2) is 36.5 Å². The molecule has 0 saturated heterocycles. The number of carbonyl (C=O) groups excluding carboxylic acids is 1. The van der Waals surface area contributed by atoms with Gasteiger partial charge in [0, 0.05) is 36.1 Å². The summed E-state index contributed by atoms with van der Waals surface area (Å²) in [5.74, 6) is 0.211. The second-order valence-corrected chi connectivity index (χ2v) is 4.25. The molecule has 5 nitrogen and oxygen atoms in total. The maximum atomic E-state index is 11.9. The molecule has 1 amide bonds. The molecule has 0 aliphatic heterocycles. The van der Waals surface area contributed by atoms with Crippen molar-refractivity contribution in [1.82, 2.24) is 15.3 Å². The molecule has 3 N–H and O–H groups in total. The molecule has 2 aromatic rings. The highest BCUT2D eigenvalue weighted by Crippen LogP contribution is 2.06. The third-order valence-corrected chi connectivity index (χ3v) is 2.63. The number of nitrogen functional groups attached to an aromatic ring is 1. The number of pyridine rings is 2. The molecule has 0 radical (unpaired) electrons. The highest BCUT2D eigenvalue weighted by molar-refractivity contribution is 5.94. The first-order valence-electron chi connectivity index (χ1n) is 6.07. The molecule has 0 aromatic carbocycles. The van der Waals surface area contributed by atoms with Gasteiger partial charge in [0.25, 0.3) is 5.91 Å². The molecule has 98 valence electrons. The topological polar surface area (TPSA) is 80.9 Å². The molecule has 0 saturated carbocycles. The maximum absolute atomic E-state index is 11.9. The lowest BCUT2D eigenvalue weighted by atomic mass is 10.2. The number of nitrogens with two attached hydrogens (primary N) is 1. The van der Waals surface area contributed by atoms with Gasteiger partial charge < -0.3 is 11.1 Å². The molecule has 0 atom stereocenters. The standard InChI is InChI=1S/C14H16N4O/c1-10-8-11(9-13(15)18-10)14(19)17-7-5-12-4-2-3-6-16-12/h2-4,6,8-9H,5,7H2,1H3,(H2,15,18)(H,17,19). The minimum Gasteiger partial charge on any atom is -0.384 e. The largest absolute Gasteiger partial charge is 0.384 e. The molecule has 2 heterocycles. The zero-order valence-electron chi connectivity index (χ0n) is 10.8. The number of hydrogen-bond acceptors (Lipinski definition) is 4. The molecular weight excluding hydrogens is 240 g/mol. The molecule has 0 bridgehead atoms. The van der Waals surface area contributed by atoms with Crippen molar-refractivity contribution < 1.29 is 4.79 Å². The minimum atomic E-state index is -0.145. The first-order chi connectivity index (χ1) is 9.15. The van der Waals surface area contributed by atoms with E-state index in [4.69, 9.17) is 5.73 Å². The van der Waals surface area contributed by atoms with Crippen LogP contribution in [0.3, 0.4) is 0 Å². The van der Waals surface area contributed by atoms with E-state index in [1.807, 2.05) is 18.2 Å². The van der Waals surface area contributed by atoms with E-state index < -0.39 is 0 Å². The quantitative estimate of drug-likeness (QED) is 0.865. The number of nitrogens with one attached hydrogen (secondary N) is 1. The number of rotatable bonds is 4. The molecule has 2 aromatic heterocycles. The second kappa shape index (κ2) is 5.95. The van der Waals surface area contributed by atoms with Gasteiger partial charge in [0.1, 0.15) is 5.82 Å². The predicted molar refractivity (Wildman–Crippen MR) is 73.7 cm³/mol. The smallest absolute Gasteiger partial charge is 0.251 e. The van der Waals surface area contributed by atoms with E-state index in [0.717, 1.165) is 11.4 Å². The summed E-state index contributed by atoms with van der Waals surface area (Å²) in [6.45, 7) is 2.35. The fourth-order valence-electron chi connectivity index (χ4n) is 1.78. The Kier molecular flexibility index (Phi) is 4.07. The number of aryl methyl sites for hydroxylation is 1. The van der Waals surface area contributed by atoms with Gasteiger partial charge >= 0.3 is 0 Å². The maximum Gasteiger partial charge on any atom is 0.251 e. The monoisotopic (exact) mass is 256 g/mol. The van der Waals surface area contributed by atoms with E-state index >= 15 is 0 Å². The van der Waals surface area contributed by atoms with Gasteiger partial charge in [0.15, 0.2) is 0 Å². The molecule has 0 fully saturated rings. The third kappa shape index (κ3) is 3.77. The van der Waals surface area contributed by atoms with Crippen molar-refractivity contribution in [1.29, 1.82) is 0 Å². The minimum absolute atomic E-state index is 0.145. The van der Waals surface area contributed by atoms with Crippen molar-refractivity contribution in [3.05, 3.63) is 53.5 Å². The van der Waals surface area contributed by atoms with Crippen molar-refractivity contribution in [2.75, 3.05) is 12.3 Å². The van der Waals surface area contributed by atoms with Gasteiger partial charge in [-0.1, -0.05) is 6.07 Å². The van der Waals surface area contributed by atoms with Crippen LogP contribution in [0.25, 0.3) is 0 Å². The summed E-state index contributed by atoms with van der Waals surface area (Å²) < 4.78 is 0. The van der Waals surface area contributed by atoms with Crippen LogP contribution in [-0.4, -0.2) is 22.4 Å². The van der Waals surface area contributed by atoms with Gasteiger partial charge in [-0.3, -0.25) is 9.78 Å². The van der Waals surface area contributed by atoms with Crippen LogP contribution in [0.2, 0.25) is 0 Å². The molecular formula is C14H16N4O. The average molecular weight is 256 g/mol. The Hall–Kier alpha value is -2.43. The van der Waals surface area contributed by atoms with Gasteiger partial charge in [-0.05, 0) is 31.2 Å². The van der Waals surface area contributed by atoms with Crippen molar-refractivity contribution >= 4 is 11.7 Å². The Morgan fingerprint density at radius 3 is 2.89 bits per heavy atom. The average Bonchev–Trinajstić information content (AvgIpc) is 2.38. The van der Waals surface area contributed by atoms with Crippen molar-refractivity contribution in [3.63, 3.8) is 0 Å². The summed E-state index contributed by atoms with van der Waals surface area (Å²) in [5.41, 5.74) is 7.83. The summed E-state index contributed by atoms with van der Waals surface area (Å²) in [6.07, 6.45) is 2.44. The highest BCUT2D eigenvalue weighted by atomic mass is 16.1. The van der Waals surface area contributed by atoms with Crippen LogP contribution in [-0.2, 0) is 6.42 Å². The lowest BCUT2D eigenvalue weighted by molar-refractivity contribution is 0.0954. The number of anilines is 1. The Morgan fingerprint density at radius 1 is 1.37 bits per heavy atom. The number of amides is 1. The number of hydrogen-bond donors (Lipinski definition) is 2. The Balaban J connectivity index is 1.91. The lowest BCUT2D eigenvalue weighted by Crippen LogP contribution is -2.26. The van der Waals surface area contributed by atoms with Crippen LogP contribution < -0.4 is 11.1 Å². The molecule has 0 spiro atoms. The van der Waals surface area contributed by atoms with E-state index in [2.05, 4.69) is 15.3 Å². The Labute approximate surface area is 111 Å². The Morgan fingerprint density at radius 2 is 2.21 bits per heavy atom. The molecule has 2 rings (SSSR count). The lowest BCUT2D eigenvalue weighted by Gasteiger charge is -2.06. The zero-order chi connectivity index (χ0) is 13.7. The third-order valence-electron chi connectivity index (χ3n) is 2.63. The van der Waals surface area contributed by atoms with Crippen molar-refractivity contribution in [3.8, 4) is 0 Å². The molecule has 5 heteroatoms. The summed E-state index contributed by atoms with van der Waals surface area (Å²) in [5, 5.41) is 2.84. The fourth-order valence-corrected chi connectivity index (χ4v) is 1.78. The van der Waals surface area contributed by atoms with Gasteiger partial charge in [-0.2, -0.15) is 0 Å². The normalized spacial score (nSPS) is 10.2. The highest BCUT2D eigenvalue weighted by Gasteiger charge is 2.07. The SMILES string of the molecule is Cc1cc(C(=O)NCCc2ccccn2)cc(N)n1. The van der Waals surface area contributed by atoms with Gasteiger partial charge in [-0.25, -0.2) is 4.98 Å². The first-order valence-corrected chi connectivity index (χ1v) is 6.07. The summed E-state index contributed by atoms with van der Waals surface area (Å²) in [7, 11) is 0. The van der Waals surface area contributed by atoms with Gasteiger partial charge in [0.05, 0.1) is 0 Å². The van der Waals surface area contributed by atoms with E-state index in [-0.39, 0.29) is 5.91 Å². The number of nitrogens with zero attached hydrogens (tertiary/aromatic N) is 2. The van der Waals surface area contributed by atoms with Crippen LogP contribution in [0.4, 0.5) is 5.82 Å². The van der Waals surface area contributed by atoms with E-state index in [0.29, 0.717) is 24.3 Å². The van der Waals surface area contributed by atoms with Crippen molar-refractivity contribution in [2.24, 2.45) is 0 Å². The molecule has 0 unspecified atom stereocenters. The zero-order valence-corrected chi connectivity index (χ0v) is 10.8. The number of carbonyl (C=O) groups is 1. The van der Waals surface area contributed by atoms with Crippen LogP contribution in [0, 0.1) is 6.92 Å². The van der Waals surface area contributed by atoms with Gasteiger partial charge in [0.2, 0.25) is 0 Å². The van der Waals surface area contributed by atoms with E-state index in [9.17, 15) is 4.79 Å². The molecule has 0 aliphatic carbocycles. The number of aromatic nitrogens is 2. The molecule has 19 heavy (non-hydrogen) atoms. The van der Waals surface area contributed by atoms with Gasteiger partial charge in [-0.15, -0.1) is 0 Å². The van der Waals surface area contributed by atoms with E-state index in [1.165, 1.54) is 0 Å². The molecule has 0 aliphatic rings. The van der Waals surface area contributed by atoms with Crippen molar-refractivity contribution in [2.45, 2.75) is 13.3 Å². The predicted octanol–water partition coefficient (Wildman–Crippen LogP) is 1.34. The fraction of sp³-hybridized carbons (Fsp3) is 0.214. The Bertz CT molecular complexity index is 549. The van der Waals surface area contributed by atoms with E-state index in [1.54, 1.807) is 25.3 Å². The summed E-state index contributed by atoms with van der Waals surface area (Å²) in [6, 6.07) is 9.01. The first kappa shape index (κ1) is 13.0. The summed E-state index contributed by atoms with van der Waals surface area (Å²) >= 11 is 0. The second-order valence-electron chi connectivity index (χ2n) is 4.25. The summed E-state index contributed by atoms with van der Waals surface area (Å²) in [4.78, 5) is 20.2. The van der Waals surface area contributed by atoms with Crippen LogP contribution >= 0.6 is 0 Å². The van der Waals surface area contributed by atoms with Crippen LogP contribution in [0.1, 0.15) is 21.7 Å².